The van der Waals surface area contributed by atoms with Crippen molar-refractivity contribution in [1.82, 2.24) is 14.5 Å². The van der Waals surface area contributed by atoms with Gasteiger partial charge in [0.2, 0.25) is 0 Å². The molecule has 0 saturated carbocycles. The van der Waals surface area contributed by atoms with E-state index < -0.39 is 0 Å². The molecule has 2 heterocycles. The highest BCUT2D eigenvalue weighted by molar-refractivity contribution is 7.80. The van der Waals surface area contributed by atoms with Crippen molar-refractivity contribution in [3.8, 4) is 0 Å². The molecule has 1 aliphatic heterocycles. The van der Waals surface area contributed by atoms with E-state index in [0.717, 1.165) is 42.7 Å². The first kappa shape index (κ1) is 17.1. The standard InChI is InChI=1S/C19H19ClN4OS/c20-13-4-3-5-14(12-13)21-19(26)23-10-8-15(9-11-23)24-17-7-2-1-6-16(17)22-18(24)25/h1-7,12,15H,8-11H2,(H,21,26)(H,22,25). The molecule has 26 heavy (non-hydrogen) atoms. The minimum absolute atomic E-state index is 0.0377. The summed E-state index contributed by atoms with van der Waals surface area (Å²) in [7, 11) is 0. The van der Waals surface area contributed by atoms with Crippen LogP contribution in [0.15, 0.2) is 53.3 Å². The van der Waals surface area contributed by atoms with Gasteiger partial charge in [-0.2, -0.15) is 0 Å². The Labute approximate surface area is 161 Å². The van der Waals surface area contributed by atoms with Crippen molar-refractivity contribution < 1.29 is 0 Å². The van der Waals surface area contributed by atoms with Crippen molar-refractivity contribution in [2.24, 2.45) is 0 Å². The number of rotatable bonds is 2. The third kappa shape index (κ3) is 3.34. The number of aromatic nitrogens is 2. The second-order valence-electron chi connectivity index (χ2n) is 6.48. The second kappa shape index (κ2) is 7.13. The number of thiocarbonyl (C=S) groups is 1. The Balaban J connectivity index is 1.44. The first-order chi connectivity index (χ1) is 12.6. The maximum absolute atomic E-state index is 12.4. The van der Waals surface area contributed by atoms with E-state index in [4.69, 9.17) is 23.8 Å². The molecule has 7 heteroatoms. The van der Waals surface area contributed by atoms with Crippen molar-refractivity contribution in [3.63, 3.8) is 0 Å². The van der Waals surface area contributed by atoms with E-state index >= 15 is 0 Å². The number of anilines is 1. The van der Waals surface area contributed by atoms with Crippen LogP contribution in [-0.4, -0.2) is 32.7 Å². The van der Waals surface area contributed by atoms with Gasteiger partial charge in [-0.05, 0) is 55.4 Å². The molecule has 0 spiro atoms. The quantitative estimate of drug-likeness (QED) is 0.653. The summed E-state index contributed by atoms with van der Waals surface area (Å²) in [4.78, 5) is 17.5. The van der Waals surface area contributed by atoms with Crippen LogP contribution in [0.1, 0.15) is 18.9 Å². The first-order valence-electron chi connectivity index (χ1n) is 8.62. The SMILES string of the molecule is O=c1[nH]c2ccccc2n1C1CCN(C(=S)Nc2cccc(Cl)c2)CC1. The third-order valence-corrected chi connectivity index (χ3v) is 5.41. The molecule has 0 bridgehead atoms. The number of benzene rings is 2. The van der Waals surface area contributed by atoms with Crippen LogP contribution in [0.4, 0.5) is 5.69 Å². The molecule has 1 fully saturated rings. The van der Waals surface area contributed by atoms with Gasteiger partial charge in [-0.3, -0.25) is 4.57 Å². The molecular formula is C19H19ClN4OS. The third-order valence-electron chi connectivity index (χ3n) is 4.82. The Morgan fingerprint density at radius 1 is 1.15 bits per heavy atom. The summed E-state index contributed by atoms with van der Waals surface area (Å²) in [6.45, 7) is 1.62. The number of nitrogens with zero attached hydrogens (tertiary/aromatic N) is 2. The summed E-state index contributed by atoms with van der Waals surface area (Å²) in [6, 6.07) is 15.5. The molecule has 2 N–H and O–H groups in total. The van der Waals surface area contributed by atoms with Crippen LogP contribution < -0.4 is 11.0 Å². The average Bonchev–Trinajstić information content (AvgIpc) is 2.97. The number of hydrogen-bond donors (Lipinski definition) is 2. The number of H-pyrrole nitrogens is 1. The Morgan fingerprint density at radius 3 is 2.69 bits per heavy atom. The zero-order valence-corrected chi connectivity index (χ0v) is 15.7. The number of hydrogen-bond acceptors (Lipinski definition) is 2. The van der Waals surface area contributed by atoms with Gasteiger partial charge < -0.3 is 15.2 Å². The van der Waals surface area contributed by atoms with Gasteiger partial charge in [-0.1, -0.05) is 29.8 Å². The summed E-state index contributed by atoms with van der Waals surface area (Å²) >= 11 is 11.6. The van der Waals surface area contributed by atoms with Crippen molar-refractivity contribution in [1.29, 1.82) is 0 Å². The lowest BCUT2D eigenvalue weighted by atomic mass is 10.0. The lowest BCUT2D eigenvalue weighted by Gasteiger charge is -2.34. The summed E-state index contributed by atoms with van der Waals surface area (Å²) < 4.78 is 1.89. The number of aromatic amines is 1. The van der Waals surface area contributed by atoms with Crippen LogP contribution >= 0.6 is 23.8 Å². The molecule has 5 nitrogen and oxygen atoms in total. The molecule has 134 valence electrons. The van der Waals surface area contributed by atoms with Crippen molar-refractivity contribution >= 4 is 45.7 Å². The van der Waals surface area contributed by atoms with Crippen LogP contribution in [0, 0.1) is 0 Å². The Hall–Kier alpha value is -2.31. The molecule has 0 atom stereocenters. The number of piperidine rings is 1. The number of imidazole rings is 1. The van der Waals surface area contributed by atoms with Gasteiger partial charge >= 0.3 is 5.69 Å². The van der Waals surface area contributed by atoms with Gasteiger partial charge in [0.25, 0.3) is 0 Å². The number of likely N-dealkylation sites (tertiary alicyclic amines) is 1. The molecule has 0 unspecified atom stereocenters. The first-order valence-corrected chi connectivity index (χ1v) is 9.41. The molecule has 1 saturated heterocycles. The van der Waals surface area contributed by atoms with Crippen LogP contribution in [0.5, 0.6) is 0 Å². The van der Waals surface area contributed by atoms with E-state index in [1.54, 1.807) is 0 Å². The molecule has 0 amide bonds. The minimum Gasteiger partial charge on any atom is -0.349 e. The highest BCUT2D eigenvalue weighted by Crippen LogP contribution is 2.25. The van der Waals surface area contributed by atoms with Gasteiger partial charge in [-0.25, -0.2) is 4.79 Å². The number of para-hydroxylation sites is 2. The maximum atomic E-state index is 12.4. The van der Waals surface area contributed by atoms with Gasteiger partial charge in [-0.15, -0.1) is 0 Å². The molecule has 0 aliphatic carbocycles. The fraction of sp³-hybridized carbons (Fsp3) is 0.263. The van der Waals surface area contributed by atoms with Crippen LogP contribution in [0.3, 0.4) is 0 Å². The van der Waals surface area contributed by atoms with Crippen molar-refractivity contribution in [2.75, 3.05) is 18.4 Å². The highest BCUT2D eigenvalue weighted by Gasteiger charge is 2.24. The van der Waals surface area contributed by atoms with E-state index in [9.17, 15) is 4.79 Å². The normalized spacial score (nSPS) is 15.3. The average molecular weight is 387 g/mol. The Kier molecular flexibility index (Phi) is 4.70. The summed E-state index contributed by atoms with van der Waals surface area (Å²) in [6.07, 6.45) is 1.75. The largest absolute Gasteiger partial charge is 0.349 e. The van der Waals surface area contributed by atoms with E-state index in [-0.39, 0.29) is 11.7 Å². The molecular weight excluding hydrogens is 368 g/mol. The number of nitrogens with one attached hydrogen (secondary N) is 2. The topological polar surface area (TPSA) is 53.1 Å². The van der Waals surface area contributed by atoms with E-state index in [1.807, 2.05) is 53.1 Å². The summed E-state index contributed by atoms with van der Waals surface area (Å²) in [5, 5.41) is 4.61. The molecule has 3 aromatic rings. The Bertz CT molecular complexity index is 1000. The van der Waals surface area contributed by atoms with Crippen LogP contribution in [0.2, 0.25) is 5.02 Å². The molecule has 4 rings (SSSR count). The highest BCUT2D eigenvalue weighted by atomic mass is 35.5. The molecule has 1 aliphatic rings. The number of fused-ring (bicyclic) bond motifs is 1. The van der Waals surface area contributed by atoms with Gasteiger partial charge in [0.05, 0.1) is 11.0 Å². The molecule has 2 aromatic carbocycles. The van der Waals surface area contributed by atoms with E-state index in [0.29, 0.717) is 10.1 Å². The molecule has 0 radical (unpaired) electrons. The molecule has 1 aromatic heterocycles. The zero-order valence-electron chi connectivity index (χ0n) is 14.1. The van der Waals surface area contributed by atoms with Gasteiger partial charge in [0, 0.05) is 29.8 Å². The van der Waals surface area contributed by atoms with Crippen LogP contribution in [0.25, 0.3) is 11.0 Å². The second-order valence-corrected chi connectivity index (χ2v) is 7.30. The number of halogens is 1. The van der Waals surface area contributed by atoms with Crippen molar-refractivity contribution in [3.05, 3.63) is 64.0 Å². The fourth-order valence-electron chi connectivity index (χ4n) is 3.53. The van der Waals surface area contributed by atoms with Gasteiger partial charge in [0.1, 0.15) is 0 Å². The van der Waals surface area contributed by atoms with E-state index in [1.165, 1.54) is 0 Å². The fourth-order valence-corrected chi connectivity index (χ4v) is 4.02. The summed E-state index contributed by atoms with van der Waals surface area (Å²) in [5.74, 6) is 0. The van der Waals surface area contributed by atoms with Crippen LogP contribution in [-0.2, 0) is 0 Å². The monoisotopic (exact) mass is 386 g/mol. The predicted molar refractivity (Wildman–Crippen MR) is 110 cm³/mol. The minimum atomic E-state index is -0.0377. The Morgan fingerprint density at radius 2 is 1.92 bits per heavy atom. The lowest BCUT2D eigenvalue weighted by Crippen LogP contribution is -2.42. The summed E-state index contributed by atoms with van der Waals surface area (Å²) in [5.41, 5.74) is 2.70. The van der Waals surface area contributed by atoms with Crippen molar-refractivity contribution in [2.45, 2.75) is 18.9 Å². The predicted octanol–water partition coefficient (Wildman–Crippen LogP) is 4.02. The lowest BCUT2D eigenvalue weighted by molar-refractivity contribution is 0.269. The zero-order chi connectivity index (χ0) is 18.1. The van der Waals surface area contributed by atoms with E-state index in [2.05, 4.69) is 15.2 Å². The maximum Gasteiger partial charge on any atom is 0.326 e. The van der Waals surface area contributed by atoms with Gasteiger partial charge in [0.15, 0.2) is 5.11 Å². The smallest absolute Gasteiger partial charge is 0.326 e.